The van der Waals surface area contributed by atoms with Crippen molar-refractivity contribution in [2.75, 3.05) is 7.11 Å². The standard InChI is InChI=1S/C17H18FNO4S/c1-11(23-13-7-5-12(18)6-8-13)17(21)19-14(10-16(20)22-2)15-4-3-9-24-15/h3-9,11,14H,10H2,1-2H3,(H,19,21)/t11-,14+/m1/s1. The van der Waals surface area contributed by atoms with Crippen LogP contribution in [0.25, 0.3) is 0 Å². The topological polar surface area (TPSA) is 64.6 Å². The quantitative estimate of drug-likeness (QED) is 0.779. The minimum atomic E-state index is -0.796. The number of benzene rings is 1. The van der Waals surface area contributed by atoms with Gasteiger partial charge in [0.2, 0.25) is 0 Å². The number of ether oxygens (including phenoxy) is 2. The second kappa shape index (κ2) is 8.44. The largest absolute Gasteiger partial charge is 0.481 e. The summed E-state index contributed by atoms with van der Waals surface area (Å²) >= 11 is 1.44. The van der Waals surface area contributed by atoms with E-state index in [1.54, 1.807) is 6.92 Å². The van der Waals surface area contributed by atoms with Gasteiger partial charge in [0.15, 0.2) is 6.10 Å². The van der Waals surface area contributed by atoms with Crippen molar-refractivity contribution in [3.05, 3.63) is 52.5 Å². The molecule has 0 aliphatic rings. The van der Waals surface area contributed by atoms with Gasteiger partial charge >= 0.3 is 5.97 Å². The van der Waals surface area contributed by atoms with Gasteiger partial charge in [0.25, 0.3) is 5.91 Å². The minimum Gasteiger partial charge on any atom is -0.481 e. The lowest BCUT2D eigenvalue weighted by Gasteiger charge is -2.20. The van der Waals surface area contributed by atoms with Crippen LogP contribution in [0.15, 0.2) is 41.8 Å². The third-order valence-electron chi connectivity index (χ3n) is 3.30. The number of amides is 1. The van der Waals surface area contributed by atoms with E-state index < -0.39 is 18.1 Å². The van der Waals surface area contributed by atoms with E-state index in [2.05, 4.69) is 10.1 Å². The first-order valence-electron chi connectivity index (χ1n) is 7.32. The van der Waals surface area contributed by atoms with Crippen LogP contribution in [-0.2, 0) is 14.3 Å². The second-order valence-corrected chi connectivity index (χ2v) is 6.05. The van der Waals surface area contributed by atoms with Crippen molar-refractivity contribution >= 4 is 23.2 Å². The molecule has 1 N–H and O–H groups in total. The van der Waals surface area contributed by atoms with Gasteiger partial charge in [0, 0.05) is 4.88 Å². The molecule has 1 heterocycles. The first kappa shape index (κ1) is 17.9. The zero-order valence-electron chi connectivity index (χ0n) is 13.3. The molecular formula is C17H18FNO4S. The summed E-state index contributed by atoms with van der Waals surface area (Å²) in [6, 6.07) is 8.61. The fourth-order valence-corrected chi connectivity index (χ4v) is 2.80. The van der Waals surface area contributed by atoms with E-state index in [4.69, 9.17) is 4.74 Å². The van der Waals surface area contributed by atoms with E-state index in [1.165, 1.54) is 42.7 Å². The van der Waals surface area contributed by atoms with Crippen LogP contribution in [0.4, 0.5) is 4.39 Å². The van der Waals surface area contributed by atoms with E-state index in [-0.39, 0.29) is 18.1 Å². The first-order valence-corrected chi connectivity index (χ1v) is 8.20. The maximum absolute atomic E-state index is 12.9. The highest BCUT2D eigenvalue weighted by Gasteiger charge is 2.23. The number of hydrogen-bond acceptors (Lipinski definition) is 5. The molecule has 2 rings (SSSR count). The average molecular weight is 351 g/mol. The molecule has 0 radical (unpaired) electrons. The molecule has 5 nitrogen and oxygen atoms in total. The molecule has 1 aromatic carbocycles. The Morgan fingerprint density at radius 2 is 1.96 bits per heavy atom. The van der Waals surface area contributed by atoms with Gasteiger partial charge in [-0.3, -0.25) is 9.59 Å². The maximum Gasteiger partial charge on any atom is 0.307 e. The molecule has 0 aliphatic heterocycles. The number of carbonyl (C=O) groups excluding carboxylic acids is 2. The molecule has 1 aromatic heterocycles. The van der Waals surface area contributed by atoms with Crippen LogP contribution in [0.5, 0.6) is 5.75 Å². The number of hydrogen-bond donors (Lipinski definition) is 1. The second-order valence-electron chi connectivity index (χ2n) is 5.07. The van der Waals surface area contributed by atoms with E-state index in [0.29, 0.717) is 5.75 Å². The Kier molecular flexibility index (Phi) is 6.31. The molecule has 0 unspecified atom stereocenters. The Morgan fingerprint density at radius 3 is 2.54 bits per heavy atom. The molecule has 0 fully saturated rings. The Hall–Kier alpha value is -2.41. The Bertz CT molecular complexity index is 672. The number of carbonyl (C=O) groups is 2. The highest BCUT2D eigenvalue weighted by Crippen LogP contribution is 2.23. The van der Waals surface area contributed by atoms with Gasteiger partial charge in [0.1, 0.15) is 11.6 Å². The van der Waals surface area contributed by atoms with Crippen LogP contribution in [0.3, 0.4) is 0 Å². The van der Waals surface area contributed by atoms with Gasteiger partial charge in [-0.15, -0.1) is 11.3 Å². The summed E-state index contributed by atoms with van der Waals surface area (Å²) in [6.07, 6.45) is -0.762. The number of halogens is 1. The van der Waals surface area contributed by atoms with Crippen LogP contribution in [0.2, 0.25) is 0 Å². The van der Waals surface area contributed by atoms with Crippen LogP contribution in [0.1, 0.15) is 24.3 Å². The van der Waals surface area contributed by atoms with E-state index in [9.17, 15) is 14.0 Å². The lowest BCUT2D eigenvalue weighted by atomic mass is 10.1. The van der Waals surface area contributed by atoms with Crippen LogP contribution >= 0.6 is 11.3 Å². The summed E-state index contributed by atoms with van der Waals surface area (Å²) in [6.45, 7) is 1.59. The Labute approximate surface area is 143 Å². The molecule has 0 saturated heterocycles. The minimum absolute atomic E-state index is 0.0338. The van der Waals surface area contributed by atoms with Crippen LogP contribution < -0.4 is 10.1 Å². The van der Waals surface area contributed by atoms with E-state index in [1.807, 2.05) is 17.5 Å². The Morgan fingerprint density at radius 1 is 1.25 bits per heavy atom. The highest BCUT2D eigenvalue weighted by molar-refractivity contribution is 7.10. The molecule has 0 spiro atoms. The van der Waals surface area contributed by atoms with Crippen molar-refractivity contribution in [1.29, 1.82) is 0 Å². The number of methoxy groups -OCH3 is 1. The SMILES string of the molecule is COC(=O)C[C@H](NC(=O)[C@@H](C)Oc1ccc(F)cc1)c1cccs1. The number of nitrogens with one attached hydrogen (secondary N) is 1. The molecule has 24 heavy (non-hydrogen) atoms. The average Bonchev–Trinajstić information content (AvgIpc) is 3.10. The van der Waals surface area contributed by atoms with Gasteiger partial charge in [-0.1, -0.05) is 6.07 Å². The van der Waals surface area contributed by atoms with E-state index >= 15 is 0 Å². The molecule has 0 aliphatic carbocycles. The molecule has 0 saturated carbocycles. The van der Waals surface area contributed by atoms with E-state index in [0.717, 1.165) is 4.88 Å². The maximum atomic E-state index is 12.9. The lowest BCUT2D eigenvalue weighted by molar-refractivity contribution is -0.141. The lowest BCUT2D eigenvalue weighted by Crippen LogP contribution is -2.39. The van der Waals surface area contributed by atoms with Crippen molar-refractivity contribution < 1.29 is 23.5 Å². The number of thiophene rings is 1. The zero-order valence-corrected chi connectivity index (χ0v) is 14.1. The van der Waals surface area contributed by atoms with Crippen molar-refractivity contribution in [1.82, 2.24) is 5.32 Å². The smallest absolute Gasteiger partial charge is 0.307 e. The third kappa shape index (κ3) is 5.06. The summed E-state index contributed by atoms with van der Waals surface area (Å²) in [5.74, 6) is -0.780. The monoisotopic (exact) mass is 351 g/mol. The van der Waals surface area contributed by atoms with Gasteiger partial charge in [0.05, 0.1) is 19.6 Å². The van der Waals surface area contributed by atoms with Crippen LogP contribution in [0, 0.1) is 5.82 Å². The summed E-state index contributed by atoms with van der Waals surface area (Å²) in [5, 5.41) is 4.65. The zero-order chi connectivity index (χ0) is 17.5. The molecule has 128 valence electrons. The normalized spacial score (nSPS) is 13.0. The summed E-state index contributed by atoms with van der Waals surface area (Å²) in [5.41, 5.74) is 0. The molecule has 0 bridgehead atoms. The van der Waals surface area contributed by atoms with Gasteiger partial charge < -0.3 is 14.8 Å². The summed E-state index contributed by atoms with van der Waals surface area (Å²) in [4.78, 5) is 24.7. The van der Waals surface area contributed by atoms with Crippen molar-refractivity contribution in [3.63, 3.8) is 0 Å². The summed E-state index contributed by atoms with van der Waals surface area (Å²) < 4.78 is 23.1. The third-order valence-corrected chi connectivity index (χ3v) is 4.28. The molecule has 1 amide bonds. The van der Waals surface area contributed by atoms with Crippen molar-refractivity contribution in [2.24, 2.45) is 0 Å². The van der Waals surface area contributed by atoms with Crippen LogP contribution in [-0.4, -0.2) is 25.1 Å². The molecule has 7 heteroatoms. The fourth-order valence-electron chi connectivity index (χ4n) is 2.02. The summed E-state index contributed by atoms with van der Waals surface area (Å²) in [7, 11) is 1.30. The van der Waals surface area contributed by atoms with Gasteiger partial charge in [-0.05, 0) is 42.6 Å². The molecule has 2 aromatic rings. The van der Waals surface area contributed by atoms with Crippen molar-refractivity contribution in [3.8, 4) is 5.75 Å². The van der Waals surface area contributed by atoms with Gasteiger partial charge in [-0.25, -0.2) is 4.39 Å². The van der Waals surface area contributed by atoms with Gasteiger partial charge in [-0.2, -0.15) is 0 Å². The predicted molar refractivity (Wildman–Crippen MR) is 88.3 cm³/mol. The first-order chi connectivity index (χ1) is 11.5. The fraction of sp³-hybridized carbons (Fsp3) is 0.294. The highest BCUT2D eigenvalue weighted by atomic mass is 32.1. The molecular weight excluding hydrogens is 333 g/mol. The Balaban J connectivity index is 2.00. The number of esters is 1. The number of rotatable bonds is 7. The predicted octanol–water partition coefficient (Wildman–Crippen LogP) is 3.08. The molecule has 2 atom stereocenters. The van der Waals surface area contributed by atoms with Crippen molar-refractivity contribution in [2.45, 2.75) is 25.5 Å².